The zero-order chi connectivity index (χ0) is 38.1. The van der Waals surface area contributed by atoms with Crippen molar-refractivity contribution in [1.82, 2.24) is 0 Å². The summed E-state index contributed by atoms with van der Waals surface area (Å²) >= 11 is 0. The number of benzene rings is 5. The lowest BCUT2D eigenvalue weighted by molar-refractivity contribution is -0.138. The zero-order valence-corrected chi connectivity index (χ0v) is 28.3. The van der Waals surface area contributed by atoms with E-state index >= 15 is 0 Å². The molecule has 0 spiro atoms. The second kappa shape index (κ2) is 12.6. The Morgan fingerprint density at radius 3 is 1.43 bits per heavy atom. The SMILES string of the molecule is CC/C(C#N)=C1\c2cc(-c3cc(F)cc(C(F)(F)F)c3)ccc2-c2cc3c(cc21)/C(=C(\C)C(C)C#N)c1cc(-c2cc(F)cc(C(F)(F)F)c2)ccc1-3. The van der Waals surface area contributed by atoms with Gasteiger partial charge in [-0.2, -0.15) is 36.9 Å². The van der Waals surface area contributed by atoms with Crippen molar-refractivity contribution < 1.29 is 35.1 Å². The van der Waals surface area contributed by atoms with Gasteiger partial charge in [0.2, 0.25) is 0 Å². The molecule has 0 aliphatic heterocycles. The van der Waals surface area contributed by atoms with Crippen LogP contribution >= 0.6 is 0 Å². The predicted octanol–water partition coefficient (Wildman–Crippen LogP) is 13.0. The van der Waals surface area contributed by atoms with Crippen LogP contribution in [0.1, 0.15) is 60.6 Å². The van der Waals surface area contributed by atoms with Crippen LogP contribution in [-0.2, 0) is 12.4 Å². The molecule has 264 valence electrons. The average Bonchev–Trinajstić information content (AvgIpc) is 3.60. The third-order valence-corrected chi connectivity index (χ3v) is 10.00. The highest BCUT2D eigenvalue weighted by molar-refractivity contribution is 6.10. The first-order valence-electron chi connectivity index (χ1n) is 16.5. The van der Waals surface area contributed by atoms with Crippen LogP contribution in [0.4, 0.5) is 35.1 Å². The molecule has 0 amide bonds. The van der Waals surface area contributed by atoms with E-state index in [4.69, 9.17) is 0 Å². The summed E-state index contributed by atoms with van der Waals surface area (Å²) in [6.07, 6.45) is -9.20. The summed E-state index contributed by atoms with van der Waals surface area (Å²) in [6, 6.07) is 23.1. The van der Waals surface area contributed by atoms with Gasteiger partial charge in [-0.1, -0.05) is 31.2 Å². The number of allylic oxidation sites excluding steroid dienone is 2. The van der Waals surface area contributed by atoms with E-state index in [0.29, 0.717) is 79.8 Å². The highest BCUT2D eigenvalue weighted by Gasteiger charge is 2.35. The number of rotatable bonds is 4. The van der Waals surface area contributed by atoms with Gasteiger partial charge in [0, 0.05) is 11.1 Å². The van der Waals surface area contributed by atoms with E-state index in [9.17, 15) is 45.6 Å². The van der Waals surface area contributed by atoms with Crippen molar-refractivity contribution in [3.63, 3.8) is 0 Å². The molecule has 0 aromatic heterocycles. The van der Waals surface area contributed by atoms with Crippen LogP contribution in [0.5, 0.6) is 0 Å². The van der Waals surface area contributed by atoms with E-state index < -0.39 is 41.0 Å². The van der Waals surface area contributed by atoms with Crippen molar-refractivity contribution in [2.24, 2.45) is 5.92 Å². The van der Waals surface area contributed by atoms with Gasteiger partial charge in [0.1, 0.15) is 11.6 Å². The van der Waals surface area contributed by atoms with E-state index in [1.54, 1.807) is 57.2 Å². The monoisotopic (exact) mass is 722 g/mol. The minimum absolute atomic E-state index is 0.0182. The first-order valence-corrected chi connectivity index (χ1v) is 16.5. The first-order chi connectivity index (χ1) is 25.0. The van der Waals surface area contributed by atoms with Gasteiger partial charge in [-0.25, -0.2) is 8.78 Å². The van der Waals surface area contributed by atoms with Crippen LogP contribution in [0.15, 0.2) is 96.1 Å². The highest BCUT2D eigenvalue weighted by atomic mass is 19.4. The van der Waals surface area contributed by atoms with Crippen molar-refractivity contribution in [2.75, 3.05) is 0 Å². The molecule has 5 aromatic rings. The Balaban J connectivity index is 1.46. The normalized spacial score (nSPS) is 15.5. The Bertz CT molecular complexity index is 2540. The van der Waals surface area contributed by atoms with Gasteiger partial charge in [-0.3, -0.25) is 0 Å². The molecular weight excluding hydrogens is 696 g/mol. The molecule has 2 nitrogen and oxygen atoms in total. The molecular formula is C43H26F8N2. The fourth-order valence-corrected chi connectivity index (χ4v) is 7.30. The molecule has 0 fully saturated rings. The van der Waals surface area contributed by atoms with Crippen LogP contribution in [0.3, 0.4) is 0 Å². The average molecular weight is 723 g/mol. The molecule has 5 aromatic carbocycles. The summed E-state index contributed by atoms with van der Waals surface area (Å²) in [5, 5.41) is 20.2. The number of fused-ring (bicyclic) bond motifs is 6. The Morgan fingerprint density at radius 2 is 1.00 bits per heavy atom. The fraction of sp³-hybridized carbons (Fsp3) is 0.163. The molecule has 2 aliphatic rings. The maximum atomic E-state index is 14.5. The third kappa shape index (κ3) is 5.98. The number of nitrogens with zero attached hydrogens (tertiary/aromatic N) is 2. The van der Waals surface area contributed by atoms with Gasteiger partial charge >= 0.3 is 12.4 Å². The summed E-state index contributed by atoms with van der Waals surface area (Å²) in [5.41, 5.74) is 6.33. The van der Waals surface area contributed by atoms with E-state index in [0.717, 1.165) is 41.0 Å². The molecule has 0 radical (unpaired) electrons. The van der Waals surface area contributed by atoms with Gasteiger partial charge in [-0.15, -0.1) is 0 Å². The minimum atomic E-state index is -4.77. The predicted molar refractivity (Wildman–Crippen MR) is 187 cm³/mol. The van der Waals surface area contributed by atoms with E-state index in [1.807, 2.05) is 12.1 Å². The van der Waals surface area contributed by atoms with Crippen molar-refractivity contribution in [2.45, 2.75) is 39.5 Å². The molecule has 10 heteroatoms. The quantitative estimate of drug-likeness (QED) is 0.134. The van der Waals surface area contributed by atoms with Crippen LogP contribution in [0, 0.1) is 40.2 Å². The van der Waals surface area contributed by atoms with Crippen LogP contribution in [-0.4, -0.2) is 0 Å². The molecule has 0 saturated heterocycles. The van der Waals surface area contributed by atoms with Gasteiger partial charge < -0.3 is 0 Å². The smallest absolute Gasteiger partial charge is 0.207 e. The summed E-state index contributed by atoms with van der Waals surface area (Å²) in [5.74, 6) is -2.65. The first kappa shape index (κ1) is 35.4. The maximum absolute atomic E-state index is 14.5. The van der Waals surface area contributed by atoms with Crippen molar-refractivity contribution in [3.8, 4) is 56.6 Å². The highest BCUT2D eigenvalue weighted by Crippen LogP contribution is 2.55. The Kier molecular flexibility index (Phi) is 8.41. The van der Waals surface area contributed by atoms with E-state index in [1.165, 1.54) is 0 Å². The molecule has 1 atom stereocenters. The van der Waals surface area contributed by atoms with Gasteiger partial charge in [-0.05, 0) is 159 Å². The van der Waals surface area contributed by atoms with Crippen molar-refractivity contribution in [3.05, 3.63) is 141 Å². The van der Waals surface area contributed by atoms with Gasteiger partial charge in [0.05, 0.1) is 29.2 Å². The molecule has 0 N–H and O–H groups in total. The minimum Gasteiger partial charge on any atom is -0.207 e. The standard InChI is InChI=1S/C43H26F8N2/c1-4-23(20-53)41-37-14-25(27-10-29(43(49,50)51)16-31(45)12-27)6-8-33(37)35-17-34-32-7-5-24(26-9-28(42(46,47)48)15-30(44)11-26)13-36(32)40(22(3)21(2)19-52)38(34)18-39(35)41/h5-18,21H,4H2,1-3H3/b40-22+,41-23-. The summed E-state index contributed by atoms with van der Waals surface area (Å²) in [4.78, 5) is 0. The number of nitriles is 2. The Hall–Kier alpha value is -6.00. The molecule has 7 rings (SSSR count). The molecule has 0 bridgehead atoms. The van der Waals surface area contributed by atoms with Crippen LogP contribution in [0.2, 0.25) is 0 Å². The fourth-order valence-electron chi connectivity index (χ4n) is 7.30. The number of hydrogen-bond donors (Lipinski definition) is 0. The van der Waals surface area contributed by atoms with Crippen LogP contribution in [0.25, 0.3) is 55.7 Å². The Morgan fingerprint density at radius 1 is 0.566 bits per heavy atom. The topological polar surface area (TPSA) is 47.6 Å². The van der Waals surface area contributed by atoms with Gasteiger partial charge in [0.15, 0.2) is 0 Å². The second-order valence-electron chi connectivity index (χ2n) is 13.1. The maximum Gasteiger partial charge on any atom is 0.416 e. The van der Waals surface area contributed by atoms with Crippen molar-refractivity contribution in [1.29, 1.82) is 10.5 Å². The van der Waals surface area contributed by atoms with E-state index in [-0.39, 0.29) is 11.1 Å². The molecule has 53 heavy (non-hydrogen) atoms. The zero-order valence-electron chi connectivity index (χ0n) is 28.3. The lowest BCUT2D eigenvalue weighted by Gasteiger charge is -2.14. The number of halogens is 8. The van der Waals surface area contributed by atoms with E-state index in [2.05, 4.69) is 12.1 Å². The molecule has 0 heterocycles. The lowest BCUT2D eigenvalue weighted by atomic mass is 9.89. The summed E-state index contributed by atoms with van der Waals surface area (Å²) in [7, 11) is 0. The molecule has 1 unspecified atom stereocenters. The largest absolute Gasteiger partial charge is 0.416 e. The van der Waals surface area contributed by atoms with Gasteiger partial charge in [0.25, 0.3) is 0 Å². The van der Waals surface area contributed by atoms with Crippen LogP contribution < -0.4 is 0 Å². The summed E-state index contributed by atoms with van der Waals surface area (Å²) in [6.45, 7) is 5.33. The molecule has 0 saturated carbocycles. The number of alkyl halides is 6. The summed E-state index contributed by atoms with van der Waals surface area (Å²) < 4.78 is 111. The van der Waals surface area contributed by atoms with Crippen molar-refractivity contribution >= 4 is 11.1 Å². The number of hydrogen-bond acceptors (Lipinski definition) is 2. The third-order valence-electron chi connectivity index (χ3n) is 10.00. The Labute approximate surface area is 299 Å². The second-order valence-corrected chi connectivity index (χ2v) is 13.1. The lowest BCUT2D eigenvalue weighted by Crippen LogP contribution is -2.05. The molecule has 2 aliphatic carbocycles.